The number of carbonyl (C=O) groups excluding carboxylic acids is 1. The molecule has 1 aromatic rings. The number of aliphatic hydroxyl groups is 1. The SMILES string of the molecule is O=C(NNc1ccc(F)cc1F)C1(O)CCSCC1. The van der Waals surface area contributed by atoms with Crippen LogP contribution in [-0.4, -0.2) is 28.1 Å². The van der Waals surface area contributed by atoms with Crippen molar-refractivity contribution in [2.24, 2.45) is 0 Å². The van der Waals surface area contributed by atoms with Gasteiger partial charge in [0.2, 0.25) is 0 Å². The Hall–Kier alpha value is -1.34. The molecule has 1 aliphatic heterocycles. The van der Waals surface area contributed by atoms with Crippen LogP contribution in [0.2, 0.25) is 0 Å². The third-order valence-corrected chi connectivity index (χ3v) is 3.97. The number of rotatable bonds is 3. The summed E-state index contributed by atoms with van der Waals surface area (Å²) in [5.41, 5.74) is 3.14. The van der Waals surface area contributed by atoms with Gasteiger partial charge in [-0.15, -0.1) is 0 Å². The molecule has 0 bridgehead atoms. The summed E-state index contributed by atoms with van der Waals surface area (Å²) in [4.78, 5) is 11.8. The van der Waals surface area contributed by atoms with Crippen LogP contribution in [-0.2, 0) is 4.79 Å². The summed E-state index contributed by atoms with van der Waals surface area (Å²) in [6, 6.07) is 2.95. The molecule has 0 saturated carbocycles. The average molecular weight is 288 g/mol. The quantitative estimate of drug-likeness (QED) is 0.740. The van der Waals surface area contributed by atoms with Gasteiger partial charge in [-0.2, -0.15) is 11.8 Å². The second-order valence-electron chi connectivity index (χ2n) is 4.35. The van der Waals surface area contributed by atoms with Crippen LogP contribution in [0.25, 0.3) is 0 Å². The second-order valence-corrected chi connectivity index (χ2v) is 5.57. The highest BCUT2D eigenvalue weighted by molar-refractivity contribution is 7.99. The van der Waals surface area contributed by atoms with Crippen molar-refractivity contribution in [3.8, 4) is 0 Å². The molecule has 1 heterocycles. The minimum absolute atomic E-state index is 0.0523. The fourth-order valence-corrected chi connectivity index (χ4v) is 2.94. The van der Waals surface area contributed by atoms with Gasteiger partial charge >= 0.3 is 0 Å². The van der Waals surface area contributed by atoms with Crippen LogP contribution in [0, 0.1) is 11.6 Å². The Balaban J connectivity index is 1.96. The van der Waals surface area contributed by atoms with Crippen molar-refractivity contribution in [2.45, 2.75) is 18.4 Å². The van der Waals surface area contributed by atoms with Crippen molar-refractivity contribution in [2.75, 3.05) is 16.9 Å². The number of carbonyl (C=O) groups is 1. The third kappa shape index (κ3) is 3.36. The smallest absolute Gasteiger partial charge is 0.270 e. The van der Waals surface area contributed by atoms with Gasteiger partial charge in [0.05, 0.1) is 5.69 Å². The van der Waals surface area contributed by atoms with Crippen LogP contribution in [0.3, 0.4) is 0 Å². The van der Waals surface area contributed by atoms with Gasteiger partial charge in [0.1, 0.15) is 11.4 Å². The Morgan fingerprint density at radius 2 is 2.00 bits per heavy atom. The van der Waals surface area contributed by atoms with E-state index < -0.39 is 23.1 Å². The molecule has 1 saturated heterocycles. The molecule has 19 heavy (non-hydrogen) atoms. The topological polar surface area (TPSA) is 61.4 Å². The summed E-state index contributed by atoms with van der Waals surface area (Å²) in [7, 11) is 0. The van der Waals surface area contributed by atoms with E-state index in [1.54, 1.807) is 11.8 Å². The van der Waals surface area contributed by atoms with Crippen molar-refractivity contribution >= 4 is 23.4 Å². The van der Waals surface area contributed by atoms with E-state index >= 15 is 0 Å². The van der Waals surface area contributed by atoms with Crippen molar-refractivity contribution in [1.82, 2.24) is 5.43 Å². The molecule has 7 heteroatoms. The van der Waals surface area contributed by atoms with E-state index in [-0.39, 0.29) is 5.69 Å². The van der Waals surface area contributed by atoms with E-state index in [4.69, 9.17) is 0 Å². The maximum Gasteiger partial charge on any atom is 0.270 e. The number of hydrazine groups is 1. The number of hydrogen-bond acceptors (Lipinski definition) is 4. The van der Waals surface area contributed by atoms with Crippen molar-refractivity contribution in [3.63, 3.8) is 0 Å². The number of amides is 1. The highest BCUT2D eigenvalue weighted by atomic mass is 32.2. The van der Waals surface area contributed by atoms with Crippen LogP contribution in [0.5, 0.6) is 0 Å². The van der Waals surface area contributed by atoms with Crippen LogP contribution < -0.4 is 10.9 Å². The summed E-state index contributed by atoms with van der Waals surface area (Å²) in [5, 5.41) is 10.1. The molecule has 0 aromatic heterocycles. The van der Waals surface area contributed by atoms with E-state index in [0.717, 1.165) is 6.07 Å². The Labute approximate surface area is 113 Å². The van der Waals surface area contributed by atoms with Crippen LogP contribution in [0.4, 0.5) is 14.5 Å². The van der Waals surface area contributed by atoms with E-state index in [9.17, 15) is 18.7 Å². The molecule has 4 nitrogen and oxygen atoms in total. The number of anilines is 1. The fourth-order valence-electron chi connectivity index (χ4n) is 1.77. The lowest BCUT2D eigenvalue weighted by atomic mass is 9.96. The van der Waals surface area contributed by atoms with Crippen LogP contribution in [0.15, 0.2) is 18.2 Å². The van der Waals surface area contributed by atoms with Gasteiger partial charge < -0.3 is 5.11 Å². The first-order valence-electron chi connectivity index (χ1n) is 5.83. The predicted octanol–water partition coefficient (Wildman–Crippen LogP) is 1.67. The van der Waals surface area contributed by atoms with Gasteiger partial charge in [-0.25, -0.2) is 8.78 Å². The first-order chi connectivity index (χ1) is 9.01. The molecule has 0 spiro atoms. The van der Waals surface area contributed by atoms with Crippen molar-refractivity contribution in [3.05, 3.63) is 29.8 Å². The van der Waals surface area contributed by atoms with Gasteiger partial charge in [-0.3, -0.25) is 15.6 Å². The van der Waals surface area contributed by atoms with Gasteiger partial charge in [0.25, 0.3) is 5.91 Å². The monoisotopic (exact) mass is 288 g/mol. The Kier molecular flexibility index (Phi) is 4.26. The molecule has 0 radical (unpaired) electrons. The summed E-state index contributed by atoms with van der Waals surface area (Å²) < 4.78 is 26.0. The number of hydrogen-bond donors (Lipinski definition) is 3. The van der Waals surface area contributed by atoms with E-state index in [2.05, 4.69) is 10.9 Å². The molecule has 0 aliphatic carbocycles. The summed E-state index contributed by atoms with van der Waals surface area (Å²) in [5.74, 6) is -0.704. The molecule has 1 aromatic carbocycles. The molecule has 1 aliphatic rings. The molecular weight excluding hydrogens is 274 g/mol. The lowest BCUT2D eigenvalue weighted by Gasteiger charge is -2.30. The first-order valence-corrected chi connectivity index (χ1v) is 6.98. The van der Waals surface area contributed by atoms with Gasteiger partial charge in [-0.05, 0) is 36.5 Å². The standard InChI is InChI=1S/C12H14F2N2O2S/c13-8-1-2-10(9(14)7-8)15-16-11(17)12(18)3-5-19-6-4-12/h1-2,7,15,18H,3-6H2,(H,16,17). The maximum atomic E-state index is 13.3. The van der Waals surface area contributed by atoms with E-state index in [1.165, 1.54) is 6.07 Å². The Bertz CT molecular complexity index is 479. The second kappa shape index (κ2) is 5.75. The molecule has 2 rings (SSSR count). The highest BCUT2D eigenvalue weighted by Gasteiger charge is 2.37. The molecule has 3 N–H and O–H groups in total. The van der Waals surface area contributed by atoms with E-state index in [0.29, 0.717) is 30.4 Å². The fraction of sp³-hybridized carbons (Fsp3) is 0.417. The maximum absolute atomic E-state index is 13.3. The van der Waals surface area contributed by atoms with Crippen molar-refractivity contribution in [1.29, 1.82) is 0 Å². The summed E-state index contributed by atoms with van der Waals surface area (Å²) in [6.07, 6.45) is 0.716. The number of nitrogens with one attached hydrogen (secondary N) is 2. The van der Waals surface area contributed by atoms with Crippen LogP contribution in [0.1, 0.15) is 12.8 Å². The van der Waals surface area contributed by atoms with Gasteiger partial charge in [0.15, 0.2) is 5.82 Å². The molecule has 0 unspecified atom stereocenters. The largest absolute Gasteiger partial charge is 0.380 e. The lowest BCUT2D eigenvalue weighted by molar-refractivity contribution is -0.139. The number of benzene rings is 1. The summed E-state index contributed by atoms with van der Waals surface area (Å²) in [6.45, 7) is 0. The van der Waals surface area contributed by atoms with Crippen LogP contribution >= 0.6 is 11.8 Å². The van der Waals surface area contributed by atoms with Gasteiger partial charge in [-0.1, -0.05) is 0 Å². The predicted molar refractivity (Wildman–Crippen MR) is 69.6 cm³/mol. The normalized spacial score (nSPS) is 17.8. The molecule has 1 amide bonds. The molecule has 0 atom stereocenters. The zero-order chi connectivity index (χ0) is 13.9. The zero-order valence-corrected chi connectivity index (χ0v) is 10.9. The Morgan fingerprint density at radius 3 is 2.63 bits per heavy atom. The lowest BCUT2D eigenvalue weighted by Crippen LogP contribution is -2.50. The van der Waals surface area contributed by atoms with Gasteiger partial charge in [0, 0.05) is 6.07 Å². The third-order valence-electron chi connectivity index (χ3n) is 2.98. The first kappa shape index (κ1) is 14.1. The molecule has 104 valence electrons. The minimum Gasteiger partial charge on any atom is -0.380 e. The van der Waals surface area contributed by atoms with Crippen molar-refractivity contribution < 1.29 is 18.7 Å². The van der Waals surface area contributed by atoms with E-state index in [1.807, 2.05) is 0 Å². The Morgan fingerprint density at radius 1 is 1.32 bits per heavy atom. The zero-order valence-electron chi connectivity index (χ0n) is 10.1. The molecule has 1 fully saturated rings. The number of halogens is 2. The average Bonchev–Trinajstić information content (AvgIpc) is 2.38. The highest BCUT2D eigenvalue weighted by Crippen LogP contribution is 2.27. The summed E-state index contributed by atoms with van der Waals surface area (Å²) >= 11 is 1.67. The minimum atomic E-state index is -1.42. The number of thioether (sulfide) groups is 1. The molecular formula is C12H14F2N2O2S.